The normalized spacial score (nSPS) is 16.7. The number of rotatable bonds is 7. The van der Waals surface area contributed by atoms with Crippen molar-refractivity contribution in [3.63, 3.8) is 0 Å². The number of anilines is 1. The number of ketones is 1. The summed E-state index contributed by atoms with van der Waals surface area (Å²) in [5.41, 5.74) is 1.34. The highest BCUT2D eigenvalue weighted by molar-refractivity contribution is 7.22. The number of fused-ring (bicyclic) bond motifs is 1. The van der Waals surface area contributed by atoms with Gasteiger partial charge in [0.1, 0.15) is 29.0 Å². The molecule has 38 heavy (non-hydrogen) atoms. The van der Waals surface area contributed by atoms with Crippen LogP contribution in [0.5, 0.6) is 17.2 Å². The van der Waals surface area contributed by atoms with E-state index in [-0.39, 0.29) is 11.3 Å². The van der Waals surface area contributed by atoms with Gasteiger partial charge in [-0.2, -0.15) is 0 Å². The molecule has 1 aliphatic rings. The van der Waals surface area contributed by atoms with E-state index in [4.69, 9.17) is 25.8 Å². The molecule has 5 rings (SSSR count). The number of Topliss-reactive ketones (excluding diaryl/α,β-unsaturated/α-hetero) is 1. The molecule has 1 aromatic heterocycles. The van der Waals surface area contributed by atoms with E-state index in [1.54, 1.807) is 54.6 Å². The third-order valence-electron chi connectivity index (χ3n) is 6.16. The number of ether oxygens (including phenoxy) is 3. The molecule has 3 aromatic carbocycles. The smallest absolute Gasteiger partial charge is 0.301 e. The van der Waals surface area contributed by atoms with Crippen molar-refractivity contribution < 1.29 is 28.9 Å². The van der Waals surface area contributed by atoms with Gasteiger partial charge in [0.05, 0.1) is 36.6 Å². The van der Waals surface area contributed by atoms with Crippen LogP contribution in [-0.4, -0.2) is 42.6 Å². The molecule has 0 radical (unpaired) electrons. The van der Waals surface area contributed by atoms with Crippen molar-refractivity contribution in [3.8, 4) is 17.2 Å². The van der Waals surface area contributed by atoms with Crippen molar-refractivity contribution in [2.45, 2.75) is 13.0 Å². The Labute approximate surface area is 227 Å². The van der Waals surface area contributed by atoms with Crippen molar-refractivity contribution >= 4 is 55.7 Å². The van der Waals surface area contributed by atoms with Gasteiger partial charge in [0, 0.05) is 16.1 Å². The fourth-order valence-corrected chi connectivity index (χ4v) is 5.54. The highest BCUT2D eigenvalue weighted by Gasteiger charge is 2.49. The maximum atomic E-state index is 13.6. The summed E-state index contributed by atoms with van der Waals surface area (Å²) in [4.78, 5) is 33.0. The highest BCUT2D eigenvalue weighted by atomic mass is 35.5. The van der Waals surface area contributed by atoms with Crippen LogP contribution < -0.4 is 19.1 Å². The molecule has 10 heteroatoms. The molecule has 1 amide bonds. The van der Waals surface area contributed by atoms with Gasteiger partial charge in [-0.3, -0.25) is 14.5 Å². The number of benzene rings is 3. The molecule has 1 atom stereocenters. The van der Waals surface area contributed by atoms with Crippen LogP contribution in [0, 0.1) is 0 Å². The number of aromatic nitrogens is 1. The first-order valence-corrected chi connectivity index (χ1v) is 12.9. The fraction of sp³-hybridized carbons (Fsp3) is 0.179. The SMILES string of the molecule is CCOc1ccc2nc(N3C(=O)C(=O)C(=C(O)c4ccc(Cl)cc4)[C@@H]3c3cc(OC)ccc3OC)sc2c1. The molecule has 1 N–H and O–H groups in total. The number of carbonyl (C=O) groups is 2. The maximum absolute atomic E-state index is 13.6. The number of halogens is 1. The largest absolute Gasteiger partial charge is 0.507 e. The lowest BCUT2D eigenvalue weighted by atomic mass is 9.94. The van der Waals surface area contributed by atoms with Crippen LogP contribution in [0.2, 0.25) is 5.02 Å². The molecule has 4 aromatic rings. The molecular weight excluding hydrogens is 528 g/mol. The second kappa shape index (κ2) is 10.4. The van der Waals surface area contributed by atoms with E-state index < -0.39 is 17.7 Å². The molecule has 1 fully saturated rings. The number of thiazole rings is 1. The number of amides is 1. The Kier molecular flexibility index (Phi) is 6.96. The first-order valence-electron chi connectivity index (χ1n) is 11.7. The quantitative estimate of drug-likeness (QED) is 0.171. The van der Waals surface area contributed by atoms with E-state index in [1.807, 2.05) is 13.0 Å². The van der Waals surface area contributed by atoms with Crippen LogP contribution >= 0.6 is 22.9 Å². The highest BCUT2D eigenvalue weighted by Crippen LogP contribution is 2.47. The summed E-state index contributed by atoms with van der Waals surface area (Å²) < 4.78 is 17.4. The molecule has 0 unspecified atom stereocenters. The van der Waals surface area contributed by atoms with Crippen LogP contribution in [0.25, 0.3) is 16.0 Å². The number of carbonyl (C=O) groups excluding carboxylic acids is 2. The monoisotopic (exact) mass is 550 g/mol. The third kappa shape index (κ3) is 4.44. The van der Waals surface area contributed by atoms with E-state index in [1.165, 1.54) is 30.5 Å². The Morgan fingerprint density at radius 2 is 1.76 bits per heavy atom. The van der Waals surface area contributed by atoms with Crippen LogP contribution in [0.1, 0.15) is 24.1 Å². The fourth-order valence-electron chi connectivity index (χ4n) is 4.39. The van der Waals surface area contributed by atoms with Crippen molar-refractivity contribution in [3.05, 3.63) is 82.4 Å². The Bertz CT molecular complexity index is 1580. The number of hydrogen-bond acceptors (Lipinski definition) is 8. The molecule has 2 heterocycles. The predicted octanol–water partition coefficient (Wildman–Crippen LogP) is 5.99. The van der Waals surface area contributed by atoms with Crippen molar-refractivity contribution in [1.29, 1.82) is 0 Å². The number of methoxy groups -OCH3 is 2. The zero-order chi connectivity index (χ0) is 27.0. The van der Waals surface area contributed by atoms with Gasteiger partial charge in [0.15, 0.2) is 5.13 Å². The Morgan fingerprint density at radius 1 is 1.03 bits per heavy atom. The van der Waals surface area contributed by atoms with Crippen LogP contribution in [0.15, 0.2) is 66.2 Å². The summed E-state index contributed by atoms with van der Waals surface area (Å²) in [7, 11) is 3.00. The summed E-state index contributed by atoms with van der Waals surface area (Å²) in [6.45, 7) is 2.40. The van der Waals surface area contributed by atoms with Crippen LogP contribution in [0.4, 0.5) is 5.13 Å². The lowest BCUT2D eigenvalue weighted by Gasteiger charge is -2.25. The first-order chi connectivity index (χ1) is 18.4. The van der Waals surface area contributed by atoms with E-state index in [9.17, 15) is 14.7 Å². The number of nitrogens with zero attached hydrogens (tertiary/aromatic N) is 2. The minimum absolute atomic E-state index is 0.0989. The Morgan fingerprint density at radius 3 is 2.45 bits per heavy atom. The molecule has 194 valence electrons. The van der Waals surface area contributed by atoms with Crippen molar-refractivity contribution in [2.24, 2.45) is 0 Å². The molecule has 1 saturated heterocycles. The summed E-state index contributed by atoms with van der Waals surface area (Å²) >= 11 is 7.27. The van der Waals surface area contributed by atoms with Gasteiger partial charge in [0.2, 0.25) is 0 Å². The van der Waals surface area contributed by atoms with E-state index in [0.717, 1.165) is 4.70 Å². The molecule has 0 spiro atoms. The Balaban J connectivity index is 1.75. The van der Waals surface area contributed by atoms with Crippen LogP contribution in [-0.2, 0) is 9.59 Å². The average Bonchev–Trinajstić information content (AvgIpc) is 3.46. The van der Waals surface area contributed by atoms with Gasteiger partial charge in [-0.15, -0.1) is 0 Å². The van der Waals surface area contributed by atoms with E-state index in [0.29, 0.717) is 50.7 Å². The van der Waals surface area contributed by atoms with Crippen molar-refractivity contribution in [2.75, 3.05) is 25.7 Å². The van der Waals surface area contributed by atoms with Crippen LogP contribution in [0.3, 0.4) is 0 Å². The molecule has 0 saturated carbocycles. The van der Waals surface area contributed by atoms with Gasteiger partial charge in [-0.25, -0.2) is 4.98 Å². The molecule has 1 aliphatic heterocycles. The summed E-state index contributed by atoms with van der Waals surface area (Å²) in [6.07, 6.45) is 0. The molecule has 0 aliphatic carbocycles. The molecular formula is C28H23ClN2O6S. The Hall–Kier alpha value is -4.08. The summed E-state index contributed by atoms with van der Waals surface area (Å²) in [5.74, 6) is -0.433. The molecule has 8 nitrogen and oxygen atoms in total. The second-order valence-corrected chi connectivity index (χ2v) is 9.79. The number of aliphatic hydroxyl groups excluding tert-OH is 1. The first kappa shape index (κ1) is 25.6. The van der Waals surface area contributed by atoms with Gasteiger partial charge in [-0.05, 0) is 67.6 Å². The number of aliphatic hydroxyl groups is 1. The van der Waals surface area contributed by atoms with E-state index in [2.05, 4.69) is 4.98 Å². The standard InChI is InChI=1S/C28H23ClN2O6S/c1-4-37-18-9-11-20-22(14-18)38-28(30-20)31-24(19-13-17(35-2)10-12-21(19)36-3)23(26(33)27(31)34)25(32)15-5-7-16(29)8-6-15/h5-14,24,32H,4H2,1-3H3/t24-/m0/s1. The zero-order valence-corrected chi connectivity index (χ0v) is 22.3. The second-order valence-electron chi connectivity index (χ2n) is 8.34. The molecule has 0 bridgehead atoms. The minimum Gasteiger partial charge on any atom is -0.507 e. The topological polar surface area (TPSA) is 98.2 Å². The maximum Gasteiger partial charge on any atom is 0.301 e. The summed E-state index contributed by atoms with van der Waals surface area (Å²) in [6, 6.07) is 15.8. The van der Waals surface area contributed by atoms with Crippen molar-refractivity contribution in [1.82, 2.24) is 4.98 Å². The summed E-state index contributed by atoms with van der Waals surface area (Å²) in [5, 5.41) is 12.1. The average molecular weight is 551 g/mol. The van der Waals surface area contributed by atoms with Gasteiger partial charge in [-0.1, -0.05) is 22.9 Å². The minimum atomic E-state index is -1.04. The van der Waals surface area contributed by atoms with E-state index >= 15 is 0 Å². The van der Waals surface area contributed by atoms with Gasteiger partial charge in [0.25, 0.3) is 5.78 Å². The lowest BCUT2D eigenvalue weighted by molar-refractivity contribution is -0.132. The van der Waals surface area contributed by atoms with Gasteiger partial charge < -0.3 is 19.3 Å². The lowest BCUT2D eigenvalue weighted by Crippen LogP contribution is -2.29. The van der Waals surface area contributed by atoms with Gasteiger partial charge >= 0.3 is 5.91 Å². The third-order valence-corrected chi connectivity index (χ3v) is 7.43. The number of hydrogen-bond donors (Lipinski definition) is 1. The predicted molar refractivity (Wildman–Crippen MR) is 147 cm³/mol. The zero-order valence-electron chi connectivity index (χ0n) is 20.7.